The van der Waals surface area contributed by atoms with Crippen LogP contribution < -0.4 is 10.5 Å². The zero-order valence-corrected chi connectivity index (χ0v) is 12.0. The SMILES string of the molecule is CN1CCN(c2nc(C3CC3)c(Br)c(=O)[nH]2)CC1. The van der Waals surface area contributed by atoms with Gasteiger partial charge in [0, 0.05) is 32.1 Å². The molecule has 0 amide bonds. The fraction of sp³-hybridized carbons (Fsp3) is 0.667. The molecule has 0 bridgehead atoms. The number of hydrogen-bond donors (Lipinski definition) is 1. The summed E-state index contributed by atoms with van der Waals surface area (Å²) >= 11 is 3.36. The predicted molar refractivity (Wildman–Crippen MR) is 74.2 cm³/mol. The number of halogens is 1. The number of hydrogen-bond acceptors (Lipinski definition) is 4. The molecule has 2 heterocycles. The molecule has 6 heteroatoms. The van der Waals surface area contributed by atoms with Gasteiger partial charge in [-0.25, -0.2) is 4.98 Å². The van der Waals surface area contributed by atoms with Crippen LogP contribution in [0.3, 0.4) is 0 Å². The lowest BCUT2D eigenvalue weighted by Crippen LogP contribution is -2.45. The molecule has 1 aliphatic carbocycles. The zero-order valence-electron chi connectivity index (χ0n) is 10.4. The lowest BCUT2D eigenvalue weighted by molar-refractivity contribution is 0.311. The third kappa shape index (κ3) is 2.31. The number of rotatable bonds is 2. The van der Waals surface area contributed by atoms with Gasteiger partial charge in [-0.05, 0) is 35.8 Å². The highest BCUT2D eigenvalue weighted by atomic mass is 79.9. The molecular formula is C12H17BrN4O. The van der Waals surface area contributed by atoms with Crippen molar-refractivity contribution in [1.82, 2.24) is 14.9 Å². The van der Waals surface area contributed by atoms with Crippen molar-refractivity contribution in [1.29, 1.82) is 0 Å². The van der Waals surface area contributed by atoms with E-state index in [9.17, 15) is 4.79 Å². The Kier molecular flexibility index (Phi) is 3.15. The maximum absolute atomic E-state index is 11.9. The summed E-state index contributed by atoms with van der Waals surface area (Å²) in [7, 11) is 2.12. The van der Waals surface area contributed by atoms with Gasteiger partial charge in [-0.3, -0.25) is 9.78 Å². The fourth-order valence-electron chi connectivity index (χ4n) is 2.26. The van der Waals surface area contributed by atoms with Gasteiger partial charge in [0.25, 0.3) is 5.56 Å². The van der Waals surface area contributed by atoms with Gasteiger partial charge in [0.05, 0.1) is 5.69 Å². The minimum Gasteiger partial charge on any atom is -0.340 e. The Bertz CT molecular complexity index is 503. The Morgan fingerprint density at radius 2 is 1.94 bits per heavy atom. The molecule has 0 radical (unpaired) electrons. The average Bonchev–Trinajstić information content (AvgIpc) is 3.18. The monoisotopic (exact) mass is 312 g/mol. The summed E-state index contributed by atoms with van der Waals surface area (Å²) in [6.07, 6.45) is 2.30. The molecule has 98 valence electrons. The molecule has 0 aromatic carbocycles. The molecule has 1 saturated heterocycles. The Morgan fingerprint density at radius 1 is 1.28 bits per heavy atom. The first-order valence-corrected chi connectivity index (χ1v) is 7.17. The molecule has 1 saturated carbocycles. The summed E-state index contributed by atoms with van der Waals surface area (Å²) < 4.78 is 0.614. The van der Waals surface area contributed by atoms with E-state index >= 15 is 0 Å². The fourth-order valence-corrected chi connectivity index (χ4v) is 2.77. The third-order valence-corrected chi connectivity index (χ3v) is 4.41. The van der Waals surface area contributed by atoms with Gasteiger partial charge in [0.1, 0.15) is 4.47 Å². The van der Waals surface area contributed by atoms with E-state index in [2.05, 4.69) is 42.7 Å². The number of nitrogens with zero attached hydrogens (tertiary/aromatic N) is 3. The lowest BCUT2D eigenvalue weighted by atomic mass is 10.3. The van der Waals surface area contributed by atoms with E-state index in [0.29, 0.717) is 10.4 Å². The largest absolute Gasteiger partial charge is 0.340 e. The van der Waals surface area contributed by atoms with Gasteiger partial charge in [-0.2, -0.15) is 0 Å². The molecule has 2 aliphatic rings. The van der Waals surface area contributed by atoms with Crippen molar-refractivity contribution in [3.05, 3.63) is 20.5 Å². The normalized spacial score (nSPS) is 21.3. The Labute approximate surface area is 114 Å². The van der Waals surface area contributed by atoms with Crippen molar-refractivity contribution in [2.75, 3.05) is 38.1 Å². The Balaban J connectivity index is 1.90. The smallest absolute Gasteiger partial charge is 0.266 e. The van der Waals surface area contributed by atoms with Gasteiger partial charge >= 0.3 is 0 Å². The highest BCUT2D eigenvalue weighted by Gasteiger charge is 2.29. The Hall–Kier alpha value is -0.880. The average molecular weight is 313 g/mol. The molecule has 2 fully saturated rings. The molecule has 0 spiro atoms. The molecule has 1 aromatic rings. The van der Waals surface area contributed by atoms with Crippen LogP contribution in [-0.2, 0) is 0 Å². The quantitative estimate of drug-likeness (QED) is 0.890. The highest BCUT2D eigenvalue weighted by Crippen LogP contribution is 2.41. The van der Waals surface area contributed by atoms with Crippen molar-refractivity contribution in [3.63, 3.8) is 0 Å². The molecule has 0 atom stereocenters. The first kappa shape index (κ1) is 12.2. The number of aromatic amines is 1. The second-order valence-electron chi connectivity index (χ2n) is 5.15. The topological polar surface area (TPSA) is 52.2 Å². The maximum atomic E-state index is 11.9. The van der Waals surface area contributed by atoms with Gasteiger partial charge in [0.15, 0.2) is 0 Å². The van der Waals surface area contributed by atoms with Gasteiger partial charge in [0.2, 0.25) is 5.95 Å². The second-order valence-corrected chi connectivity index (χ2v) is 5.95. The number of H-pyrrole nitrogens is 1. The van der Waals surface area contributed by atoms with Crippen molar-refractivity contribution < 1.29 is 0 Å². The third-order valence-electron chi connectivity index (χ3n) is 3.64. The van der Waals surface area contributed by atoms with Gasteiger partial charge < -0.3 is 9.80 Å². The first-order valence-electron chi connectivity index (χ1n) is 6.38. The maximum Gasteiger partial charge on any atom is 0.266 e. The molecule has 1 N–H and O–H groups in total. The molecule has 3 rings (SSSR count). The molecule has 18 heavy (non-hydrogen) atoms. The van der Waals surface area contributed by atoms with E-state index in [1.165, 1.54) is 0 Å². The van der Waals surface area contributed by atoms with E-state index in [4.69, 9.17) is 0 Å². The summed E-state index contributed by atoms with van der Waals surface area (Å²) in [5, 5.41) is 0. The summed E-state index contributed by atoms with van der Waals surface area (Å²) in [4.78, 5) is 23.9. The van der Waals surface area contributed by atoms with Crippen molar-refractivity contribution in [2.24, 2.45) is 0 Å². The van der Waals surface area contributed by atoms with Crippen LogP contribution in [0.2, 0.25) is 0 Å². The van der Waals surface area contributed by atoms with Crippen LogP contribution in [0.5, 0.6) is 0 Å². The number of anilines is 1. The van der Waals surface area contributed by atoms with Crippen LogP contribution in [-0.4, -0.2) is 48.1 Å². The summed E-state index contributed by atoms with van der Waals surface area (Å²) in [5.74, 6) is 1.21. The molecule has 1 aliphatic heterocycles. The predicted octanol–water partition coefficient (Wildman–Crippen LogP) is 1.16. The number of piperazine rings is 1. The minimum absolute atomic E-state index is 0.0548. The second kappa shape index (κ2) is 4.66. The van der Waals surface area contributed by atoms with Crippen LogP contribution in [0.25, 0.3) is 0 Å². The van der Waals surface area contributed by atoms with Gasteiger partial charge in [-0.15, -0.1) is 0 Å². The van der Waals surface area contributed by atoms with Crippen molar-refractivity contribution in [2.45, 2.75) is 18.8 Å². The number of aromatic nitrogens is 2. The molecule has 1 aromatic heterocycles. The van der Waals surface area contributed by atoms with E-state index < -0.39 is 0 Å². The number of nitrogens with one attached hydrogen (secondary N) is 1. The van der Waals surface area contributed by atoms with Crippen LogP contribution >= 0.6 is 15.9 Å². The first-order chi connectivity index (χ1) is 8.65. The van der Waals surface area contributed by atoms with Crippen molar-refractivity contribution >= 4 is 21.9 Å². The molecule has 5 nitrogen and oxygen atoms in total. The summed E-state index contributed by atoms with van der Waals surface area (Å²) in [6, 6.07) is 0. The van der Waals surface area contributed by atoms with E-state index in [0.717, 1.165) is 50.7 Å². The molecule has 0 unspecified atom stereocenters. The number of likely N-dealkylation sites (N-methyl/N-ethyl adjacent to an activating group) is 1. The van der Waals surface area contributed by atoms with Crippen LogP contribution in [0.4, 0.5) is 5.95 Å². The zero-order chi connectivity index (χ0) is 12.7. The van der Waals surface area contributed by atoms with Gasteiger partial charge in [-0.1, -0.05) is 0 Å². The van der Waals surface area contributed by atoms with Crippen molar-refractivity contribution in [3.8, 4) is 0 Å². The van der Waals surface area contributed by atoms with E-state index in [1.54, 1.807) is 0 Å². The van der Waals surface area contributed by atoms with Crippen LogP contribution in [0.15, 0.2) is 9.27 Å². The van der Waals surface area contributed by atoms with E-state index in [1.807, 2.05) is 0 Å². The lowest BCUT2D eigenvalue weighted by Gasteiger charge is -2.32. The Morgan fingerprint density at radius 3 is 2.56 bits per heavy atom. The summed E-state index contributed by atoms with van der Waals surface area (Å²) in [5.41, 5.74) is 0.883. The highest BCUT2D eigenvalue weighted by molar-refractivity contribution is 9.10. The standard InChI is InChI=1S/C12H17BrN4O/c1-16-4-6-17(7-5-16)12-14-10(8-2-3-8)9(13)11(18)15-12/h8H,2-7H2,1H3,(H,14,15,18). The summed E-state index contributed by atoms with van der Waals surface area (Å²) in [6.45, 7) is 3.87. The minimum atomic E-state index is -0.0548. The van der Waals surface area contributed by atoms with Crippen LogP contribution in [0.1, 0.15) is 24.5 Å². The molecular weight excluding hydrogens is 296 g/mol. The van der Waals surface area contributed by atoms with Crippen LogP contribution in [0, 0.1) is 0 Å². The van der Waals surface area contributed by atoms with E-state index in [-0.39, 0.29) is 5.56 Å².